The van der Waals surface area contributed by atoms with E-state index in [1.54, 1.807) is 18.2 Å². The van der Waals surface area contributed by atoms with E-state index in [0.717, 1.165) is 22.0 Å². The van der Waals surface area contributed by atoms with Crippen LogP contribution in [0.2, 0.25) is 0 Å². The van der Waals surface area contributed by atoms with E-state index in [1.165, 1.54) is 24.3 Å². The number of rotatable bonds is 4. The summed E-state index contributed by atoms with van der Waals surface area (Å²) in [6, 6.07) is 10.8. The molecule has 0 unspecified atom stereocenters. The summed E-state index contributed by atoms with van der Waals surface area (Å²) in [5.74, 6) is -0.716. The zero-order chi connectivity index (χ0) is 18.2. The third kappa shape index (κ3) is 3.35. The van der Waals surface area contributed by atoms with Crippen molar-refractivity contribution in [3.8, 4) is 5.75 Å². The van der Waals surface area contributed by atoms with Crippen molar-refractivity contribution in [2.45, 2.75) is 11.8 Å². The summed E-state index contributed by atoms with van der Waals surface area (Å²) in [6.07, 6.45) is 2.30. The molecule has 0 saturated carbocycles. The van der Waals surface area contributed by atoms with Gasteiger partial charge in [-0.05, 0) is 37.3 Å². The van der Waals surface area contributed by atoms with Crippen LogP contribution in [0.25, 0.3) is 0 Å². The molecule has 0 spiro atoms. The minimum atomic E-state index is -3.89. The number of carbonyl (C=O) groups excluding carboxylic acids is 1. The van der Waals surface area contributed by atoms with Crippen LogP contribution in [0, 0.1) is 6.92 Å². The molecule has 0 aliphatic heterocycles. The minimum Gasteiger partial charge on any atom is -0.507 e. The molecule has 0 atom stereocenters. The van der Waals surface area contributed by atoms with E-state index in [-0.39, 0.29) is 21.8 Å². The van der Waals surface area contributed by atoms with E-state index in [9.17, 15) is 18.3 Å². The summed E-state index contributed by atoms with van der Waals surface area (Å²) in [4.78, 5) is 12.6. The number of hydrogen-bond acceptors (Lipinski definition) is 5. The molecule has 128 valence electrons. The van der Waals surface area contributed by atoms with Gasteiger partial charge in [-0.3, -0.25) is 4.79 Å². The first-order chi connectivity index (χ1) is 11.8. The number of hydrogen-bond donors (Lipinski definition) is 1. The van der Waals surface area contributed by atoms with Crippen LogP contribution in [0.5, 0.6) is 5.75 Å². The smallest absolute Gasteiger partial charge is 0.282 e. The van der Waals surface area contributed by atoms with Crippen molar-refractivity contribution in [2.75, 3.05) is 0 Å². The van der Waals surface area contributed by atoms with Gasteiger partial charge in [-0.2, -0.15) is 17.6 Å². The van der Waals surface area contributed by atoms with Gasteiger partial charge in [0.2, 0.25) is 0 Å². The van der Waals surface area contributed by atoms with Crippen molar-refractivity contribution in [1.29, 1.82) is 0 Å². The molecule has 0 bridgehead atoms. The number of aromatic hydroxyl groups is 1. The van der Waals surface area contributed by atoms with Crippen molar-refractivity contribution < 1.29 is 18.3 Å². The van der Waals surface area contributed by atoms with Crippen LogP contribution in [0.3, 0.4) is 0 Å². The fraction of sp³-hybridized carbons (Fsp3) is 0.0588. The molecule has 3 aromatic rings. The van der Waals surface area contributed by atoms with Crippen LogP contribution < -0.4 is 0 Å². The highest BCUT2D eigenvalue weighted by Gasteiger charge is 2.21. The Kier molecular flexibility index (Phi) is 4.49. The molecule has 0 aliphatic rings. The van der Waals surface area contributed by atoms with Gasteiger partial charge in [-0.25, -0.2) is 0 Å². The third-order valence-corrected chi connectivity index (χ3v) is 5.64. The Hall–Kier alpha value is -2.45. The molecule has 25 heavy (non-hydrogen) atoms. The third-order valence-electron chi connectivity index (χ3n) is 3.59. The lowest BCUT2D eigenvalue weighted by Crippen LogP contribution is -2.13. The topological polar surface area (TPSA) is 89.3 Å². The minimum absolute atomic E-state index is 0.0571. The van der Waals surface area contributed by atoms with E-state index in [4.69, 9.17) is 0 Å². The Labute approximate surface area is 152 Å². The molecule has 0 aliphatic carbocycles. The van der Waals surface area contributed by atoms with Gasteiger partial charge in [0.05, 0.1) is 28.4 Å². The fourth-order valence-electron chi connectivity index (χ4n) is 2.22. The van der Waals surface area contributed by atoms with Gasteiger partial charge in [-0.15, -0.1) is 0 Å². The van der Waals surface area contributed by atoms with Crippen LogP contribution in [-0.2, 0) is 10.0 Å². The summed E-state index contributed by atoms with van der Waals surface area (Å²) >= 11 is 3.23. The number of nitrogens with zero attached hydrogens (tertiary/aromatic N) is 2. The monoisotopic (exact) mass is 420 g/mol. The molecular formula is C17H13BrN2O4S. The summed E-state index contributed by atoms with van der Waals surface area (Å²) in [5, 5.41) is 13.7. The summed E-state index contributed by atoms with van der Waals surface area (Å²) < 4.78 is 26.5. The van der Waals surface area contributed by atoms with E-state index < -0.39 is 15.8 Å². The molecule has 0 amide bonds. The standard InChI is InChI=1S/C17H13BrN2O4S/c1-11-2-5-14(6-3-11)25(23,24)20-10-12(9-19-20)17(22)15-8-13(18)4-7-16(15)21/h2-10,21H,1H3. The number of benzene rings is 2. The molecule has 6 nitrogen and oxygen atoms in total. The summed E-state index contributed by atoms with van der Waals surface area (Å²) in [7, 11) is -3.89. The Morgan fingerprint density at radius 2 is 1.84 bits per heavy atom. The highest BCUT2D eigenvalue weighted by Crippen LogP contribution is 2.25. The highest BCUT2D eigenvalue weighted by molar-refractivity contribution is 9.10. The first kappa shape index (κ1) is 17.4. The lowest BCUT2D eigenvalue weighted by Gasteiger charge is -2.04. The van der Waals surface area contributed by atoms with Crippen molar-refractivity contribution in [3.63, 3.8) is 0 Å². The van der Waals surface area contributed by atoms with Crippen LogP contribution in [0.15, 0.2) is 64.2 Å². The largest absolute Gasteiger partial charge is 0.507 e. The number of ketones is 1. The maximum atomic E-state index is 12.6. The Balaban J connectivity index is 1.98. The number of phenolic OH excluding ortho intramolecular Hbond substituents is 1. The van der Waals surface area contributed by atoms with E-state index in [2.05, 4.69) is 21.0 Å². The molecule has 0 radical (unpaired) electrons. The quantitative estimate of drug-likeness (QED) is 0.654. The molecule has 0 fully saturated rings. The average Bonchev–Trinajstić information content (AvgIpc) is 3.08. The van der Waals surface area contributed by atoms with Crippen LogP contribution in [-0.4, -0.2) is 28.5 Å². The molecule has 0 saturated heterocycles. The fourth-order valence-corrected chi connectivity index (χ4v) is 3.70. The SMILES string of the molecule is Cc1ccc(S(=O)(=O)n2cc(C(=O)c3cc(Br)ccc3O)cn2)cc1. The zero-order valence-electron chi connectivity index (χ0n) is 13.0. The lowest BCUT2D eigenvalue weighted by atomic mass is 10.1. The van der Waals surface area contributed by atoms with E-state index >= 15 is 0 Å². The van der Waals surface area contributed by atoms with E-state index in [0.29, 0.717) is 4.47 Å². The molecule has 2 aromatic carbocycles. The van der Waals surface area contributed by atoms with Gasteiger partial charge in [0.1, 0.15) is 5.75 Å². The van der Waals surface area contributed by atoms with Crippen molar-refractivity contribution in [2.24, 2.45) is 0 Å². The van der Waals surface area contributed by atoms with Crippen LogP contribution in [0.4, 0.5) is 0 Å². The Morgan fingerprint density at radius 3 is 2.52 bits per heavy atom. The van der Waals surface area contributed by atoms with Crippen molar-refractivity contribution in [3.05, 3.63) is 76.0 Å². The predicted octanol–water partition coefficient (Wildman–Crippen LogP) is 3.13. The number of carbonyl (C=O) groups is 1. The zero-order valence-corrected chi connectivity index (χ0v) is 15.5. The van der Waals surface area contributed by atoms with Gasteiger partial charge in [0, 0.05) is 4.47 Å². The maximum absolute atomic E-state index is 12.6. The molecule has 1 aromatic heterocycles. The normalized spacial score (nSPS) is 11.4. The second-order valence-corrected chi connectivity index (χ2v) is 8.12. The summed E-state index contributed by atoms with van der Waals surface area (Å²) in [5.41, 5.74) is 1.05. The number of aryl methyl sites for hydroxylation is 1. The van der Waals surface area contributed by atoms with Gasteiger partial charge < -0.3 is 5.11 Å². The van der Waals surface area contributed by atoms with E-state index in [1.807, 2.05) is 6.92 Å². The van der Waals surface area contributed by atoms with Gasteiger partial charge in [0.15, 0.2) is 5.78 Å². The lowest BCUT2D eigenvalue weighted by molar-refractivity contribution is 0.103. The number of halogens is 1. The van der Waals surface area contributed by atoms with Crippen LogP contribution in [0.1, 0.15) is 21.5 Å². The molecular weight excluding hydrogens is 408 g/mol. The maximum Gasteiger partial charge on any atom is 0.282 e. The molecule has 1 N–H and O–H groups in total. The highest BCUT2D eigenvalue weighted by atomic mass is 79.9. The molecule has 3 rings (SSSR count). The van der Waals surface area contributed by atoms with Crippen LogP contribution >= 0.6 is 15.9 Å². The van der Waals surface area contributed by atoms with Gasteiger partial charge >= 0.3 is 0 Å². The first-order valence-corrected chi connectivity index (χ1v) is 9.42. The second-order valence-electron chi connectivity index (χ2n) is 5.41. The Bertz CT molecular complexity index is 1060. The number of aromatic nitrogens is 2. The molecule has 8 heteroatoms. The molecule has 1 heterocycles. The predicted molar refractivity (Wildman–Crippen MR) is 95.2 cm³/mol. The summed E-state index contributed by atoms with van der Waals surface area (Å²) in [6.45, 7) is 1.85. The van der Waals surface area contributed by atoms with Gasteiger partial charge in [-0.1, -0.05) is 33.6 Å². The van der Waals surface area contributed by atoms with Gasteiger partial charge in [0.25, 0.3) is 10.0 Å². The van der Waals surface area contributed by atoms with Crippen molar-refractivity contribution >= 4 is 31.7 Å². The first-order valence-electron chi connectivity index (χ1n) is 7.19. The average molecular weight is 421 g/mol. The second kappa shape index (κ2) is 6.45. The number of phenols is 1. The Morgan fingerprint density at radius 1 is 1.16 bits per heavy atom. The van der Waals surface area contributed by atoms with Crippen molar-refractivity contribution in [1.82, 2.24) is 9.19 Å².